The number of alkyl halides is 4. The molecule has 0 amide bonds. The molecule has 0 spiro atoms. The number of aromatic nitrogens is 1. The lowest BCUT2D eigenvalue weighted by Crippen LogP contribution is -2.25. The topological polar surface area (TPSA) is 32.9 Å². The molecule has 15 heavy (non-hydrogen) atoms. The van der Waals surface area contributed by atoms with Gasteiger partial charge in [0.25, 0.3) is 0 Å². The first-order valence-electron chi connectivity index (χ1n) is 4.37. The standard InChI is InChI=1S/C9H7F4NO/c10-5-1-2-6-7(8(5)15)4(3-14-6)9(11,12)13/h3,5,14H,1-2H2. The summed E-state index contributed by atoms with van der Waals surface area (Å²) in [6, 6.07) is 0. The SMILES string of the molecule is O=C1c2c(C(F)(F)F)c[nH]c2CCC1F. The van der Waals surface area contributed by atoms with Crippen LogP contribution in [0.4, 0.5) is 17.6 Å². The first-order valence-corrected chi connectivity index (χ1v) is 4.37. The fraction of sp³-hybridized carbons (Fsp3) is 0.444. The van der Waals surface area contributed by atoms with Crippen LogP contribution < -0.4 is 0 Å². The van der Waals surface area contributed by atoms with Gasteiger partial charge in [-0.3, -0.25) is 4.79 Å². The van der Waals surface area contributed by atoms with Crippen LogP contribution in [0.3, 0.4) is 0 Å². The van der Waals surface area contributed by atoms with Crippen molar-refractivity contribution < 1.29 is 22.4 Å². The van der Waals surface area contributed by atoms with Crippen molar-refractivity contribution in [1.29, 1.82) is 0 Å². The Balaban J connectivity index is 2.54. The number of aryl methyl sites for hydroxylation is 1. The highest BCUT2D eigenvalue weighted by molar-refractivity contribution is 6.02. The third-order valence-corrected chi connectivity index (χ3v) is 2.45. The highest BCUT2D eigenvalue weighted by Crippen LogP contribution is 2.36. The number of carbonyl (C=O) groups is 1. The van der Waals surface area contributed by atoms with E-state index in [-0.39, 0.29) is 18.5 Å². The summed E-state index contributed by atoms with van der Waals surface area (Å²) >= 11 is 0. The molecule has 6 heteroatoms. The average Bonchev–Trinajstić information content (AvgIpc) is 2.54. The molecule has 0 saturated heterocycles. The van der Waals surface area contributed by atoms with Gasteiger partial charge in [0, 0.05) is 11.9 Å². The number of H-pyrrole nitrogens is 1. The lowest BCUT2D eigenvalue weighted by Gasteiger charge is -2.16. The summed E-state index contributed by atoms with van der Waals surface area (Å²) < 4.78 is 50.2. The first-order chi connectivity index (χ1) is 6.91. The molecule has 1 unspecified atom stereocenters. The van der Waals surface area contributed by atoms with E-state index in [0.717, 1.165) is 6.20 Å². The molecule has 2 rings (SSSR count). The zero-order valence-corrected chi connectivity index (χ0v) is 7.49. The number of rotatable bonds is 0. The molecule has 1 aromatic rings. The number of aromatic amines is 1. The third-order valence-electron chi connectivity index (χ3n) is 2.45. The Hall–Kier alpha value is -1.33. The van der Waals surface area contributed by atoms with Crippen molar-refractivity contribution in [2.45, 2.75) is 25.2 Å². The van der Waals surface area contributed by atoms with Crippen molar-refractivity contribution in [3.05, 3.63) is 23.0 Å². The van der Waals surface area contributed by atoms with Gasteiger partial charge in [-0.2, -0.15) is 13.2 Å². The summed E-state index contributed by atoms with van der Waals surface area (Å²) in [4.78, 5) is 13.6. The van der Waals surface area contributed by atoms with Crippen molar-refractivity contribution >= 4 is 5.78 Å². The van der Waals surface area contributed by atoms with Crippen LogP contribution in [0.1, 0.15) is 28.0 Å². The fourth-order valence-corrected chi connectivity index (χ4v) is 1.73. The lowest BCUT2D eigenvalue weighted by atomic mass is 9.92. The van der Waals surface area contributed by atoms with E-state index in [1.165, 1.54) is 0 Å². The minimum absolute atomic E-state index is 0.0519. The van der Waals surface area contributed by atoms with Crippen LogP contribution >= 0.6 is 0 Å². The van der Waals surface area contributed by atoms with Crippen molar-refractivity contribution in [2.75, 3.05) is 0 Å². The van der Waals surface area contributed by atoms with E-state index in [9.17, 15) is 22.4 Å². The van der Waals surface area contributed by atoms with Crippen LogP contribution in [0.15, 0.2) is 6.20 Å². The molecule has 2 nitrogen and oxygen atoms in total. The van der Waals surface area contributed by atoms with Gasteiger partial charge in [0.05, 0.1) is 11.1 Å². The van der Waals surface area contributed by atoms with E-state index in [0.29, 0.717) is 0 Å². The summed E-state index contributed by atoms with van der Waals surface area (Å²) in [5, 5.41) is 0. The van der Waals surface area contributed by atoms with Crippen molar-refractivity contribution in [2.24, 2.45) is 0 Å². The van der Waals surface area contributed by atoms with Gasteiger partial charge >= 0.3 is 6.18 Å². The number of hydrogen-bond donors (Lipinski definition) is 1. The van der Waals surface area contributed by atoms with Gasteiger partial charge in [-0.1, -0.05) is 0 Å². The molecular formula is C9H7F4NO. The molecule has 1 N–H and O–H groups in total. The average molecular weight is 221 g/mol. The molecule has 1 heterocycles. The zero-order chi connectivity index (χ0) is 11.2. The predicted octanol–water partition coefficient (Wildman–Crippen LogP) is 2.50. The van der Waals surface area contributed by atoms with Gasteiger partial charge in [-0.15, -0.1) is 0 Å². The zero-order valence-electron chi connectivity index (χ0n) is 7.49. The molecule has 0 bridgehead atoms. The van der Waals surface area contributed by atoms with E-state index in [1.807, 2.05) is 0 Å². The normalized spacial score (nSPS) is 21.6. The smallest absolute Gasteiger partial charge is 0.364 e. The van der Waals surface area contributed by atoms with Crippen molar-refractivity contribution in [3.8, 4) is 0 Å². The van der Waals surface area contributed by atoms with Crippen LogP contribution in [0.25, 0.3) is 0 Å². The molecule has 1 aliphatic carbocycles. The Morgan fingerprint density at radius 2 is 2.07 bits per heavy atom. The van der Waals surface area contributed by atoms with Gasteiger partial charge < -0.3 is 4.98 Å². The number of nitrogens with one attached hydrogen (secondary N) is 1. The number of fused-ring (bicyclic) bond motifs is 1. The molecule has 0 saturated carbocycles. The summed E-state index contributed by atoms with van der Waals surface area (Å²) in [7, 11) is 0. The Bertz CT molecular complexity index is 407. The van der Waals surface area contributed by atoms with Crippen LogP contribution in [0, 0.1) is 0 Å². The molecule has 0 aromatic carbocycles. The minimum atomic E-state index is -4.61. The van der Waals surface area contributed by atoms with Crippen molar-refractivity contribution in [1.82, 2.24) is 4.98 Å². The fourth-order valence-electron chi connectivity index (χ4n) is 1.73. The molecule has 82 valence electrons. The van der Waals surface area contributed by atoms with E-state index < -0.39 is 29.3 Å². The molecule has 0 aliphatic heterocycles. The number of carbonyl (C=O) groups excluding carboxylic acids is 1. The predicted molar refractivity (Wildman–Crippen MR) is 43.3 cm³/mol. The summed E-state index contributed by atoms with van der Waals surface area (Å²) in [5.41, 5.74) is -1.41. The van der Waals surface area contributed by atoms with E-state index >= 15 is 0 Å². The molecule has 0 fully saturated rings. The van der Waals surface area contributed by atoms with Gasteiger partial charge in [-0.05, 0) is 12.8 Å². The highest BCUT2D eigenvalue weighted by Gasteiger charge is 2.41. The van der Waals surface area contributed by atoms with E-state index in [2.05, 4.69) is 4.98 Å². The minimum Gasteiger partial charge on any atom is -0.364 e. The maximum absolute atomic E-state index is 13.0. The number of Topliss-reactive ketones (excluding diaryl/α,β-unsaturated/α-hetero) is 1. The maximum atomic E-state index is 13.0. The monoisotopic (exact) mass is 221 g/mol. The maximum Gasteiger partial charge on any atom is 0.418 e. The largest absolute Gasteiger partial charge is 0.418 e. The third kappa shape index (κ3) is 1.53. The summed E-state index contributed by atoms with van der Waals surface area (Å²) in [6.07, 6.45) is -5.62. The Morgan fingerprint density at radius 3 is 2.67 bits per heavy atom. The Labute approximate surface area is 82.3 Å². The second-order valence-electron chi connectivity index (χ2n) is 3.42. The lowest BCUT2D eigenvalue weighted by molar-refractivity contribution is -0.137. The molecule has 1 aromatic heterocycles. The van der Waals surface area contributed by atoms with Crippen LogP contribution in [-0.4, -0.2) is 16.9 Å². The van der Waals surface area contributed by atoms with Crippen LogP contribution in [-0.2, 0) is 12.6 Å². The van der Waals surface area contributed by atoms with E-state index in [4.69, 9.17) is 0 Å². The van der Waals surface area contributed by atoms with Crippen molar-refractivity contribution in [3.63, 3.8) is 0 Å². The molecule has 0 radical (unpaired) electrons. The number of hydrogen-bond acceptors (Lipinski definition) is 1. The van der Waals surface area contributed by atoms with Crippen LogP contribution in [0.2, 0.25) is 0 Å². The number of ketones is 1. The first kappa shape index (κ1) is 10.2. The Kier molecular flexibility index (Phi) is 2.09. The van der Waals surface area contributed by atoms with Gasteiger partial charge in [-0.25, -0.2) is 4.39 Å². The van der Waals surface area contributed by atoms with E-state index in [1.54, 1.807) is 0 Å². The van der Waals surface area contributed by atoms with Gasteiger partial charge in [0.2, 0.25) is 0 Å². The molecular weight excluding hydrogens is 214 g/mol. The Morgan fingerprint density at radius 1 is 1.40 bits per heavy atom. The quantitative estimate of drug-likeness (QED) is 0.671. The van der Waals surface area contributed by atoms with Gasteiger partial charge in [0.15, 0.2) is 12.0 Å². The highest BCUT2D eigenvalue weighted by atomic mass is 19.4. The number of halogens is 4. The van der Waals surface area contributed by atoms with Gasteiger partial charge in [0.1, 0.15) is 0 Å². The molecule has 1 atom stereocenters. The van der Waals surface area contributed by atoms with Crippen LogP contribution in [0.5, 0.6) is 0 Å². The molecule has 1 aliphatic rings. The summed E-state index contributed by atoms with van der Waals surface area (Å²) in [5.74, 6) is -1.06. The second kappa shape index (κ2) is 3.08. The summed E-state index contributed by atoms with van der Waals surface area (Å²) in [6.45, 7) is 0. The second-order valence-corrected chi connectivity index (χ2v) is 3.42.